The summed E-state index contributed by atoms with van der Waals surface area (Å²) in [5.74, 6) is 0.0670. The van der Waals surface area contributed by atoms with Gasteiger partial charge in [-0.15, -0.1) is 0 Å². The average Bonchev–Trinajstić information content (AvgIpc) is 2.50. The summed E-state index contributed by atoms with van der Waals surface area (Å²) in [5, 5.41) is 0. The highest BCUT2D eigenvalue weighted by Crippen LogP contribution is 2.31. The number of carbonyl (C=O) groups is 1. The number of nitrogens with two attached hydrogens (primary N) is 1. The van der Waals surface area contributed by atoms with Crippen molar-refractivity contribution in [2.45, 2.75) is 18.9 Å². The van der Waals surface area contributed by atoms with Gasteiger partial charge in [-0.3, -0.25) is 4.79 Å². The van der Waals surface area contributed by atoms with Crippen molar-refractivity contribution >= 4 is 27.4 Å². The lowest BCUT2D eigenvalue weighted by Crippen LogP contribution is -2.19. The molecule has 2 aromatic carbocycles. The van der Waals surface area contributed by atoms with Crippen molar-refractivity contribution in [3.05, 3.63) is 63.6 Å². The van der Waals surface area contributed by atoms with Crippen molar-refractivity contribution in [3.8, 4) is 0 Å². The van der Waals surface area contributed by atoms with E-state index in [-0.39, 0.29) is 11.9 Å². The van der Waals surface area contributed by atoms with Crippen LogP contribution in [0.5, 0.6) is 0 Å². The van der Waals surface area contributed by atoms with Crippen LogP contribution in [0.15, 0.2) is 46.9 Å². The average molecular weight is 346 g/mol. The summed E-state index contributed by atoms with van der Waals surface area (Å²) in [6.07, 6.45) is 1.11. The molecule has 0 fully saturated rings. The van der Waals surface area contributed by atoms with Crippen LogP contribution in [0.3, 0.4) is 0 Å². The van der Waals surface area contributed by atoms with E-state index in [0.717, 1.165) is 16.5 Å². The van der Waals surface area contributed by atoms with Gasteiger partial charge >= 0.3 is 0 Å². The van der Waals surface area contributed by atoms with Gasteiger partial charge in [0.25, 0.3) is 0 Å². The van der Waals surface area contributed by atoms with Crippen molar-refractivity contribution in [1.82, 2.24) is 0 Å². The first-order valence-electron chi connectivity index (χ1n) is 6.93. The number of hydrogen-bond acceptors (Lipinski definition) is 3. The zero-order chi connectivity index (χ0) is 14.8. The maximum Gasteiger partial charge on any atom is 0.165 e. The lowest BCUT2D eigenvalue weighted by molar-refractivity contribution is 0.0352. The molecule has 108 valence electrons. The topological polar surface area (TPSA) is 52.3 Å². The normalized spacial score (nSPS) is 17.3. The van der Waals surface area contributed by atoms with E-state index in [1.54, 1.807) is 18.2 Å². The first-order valence-corrected chi connectivity index (χ1v) is 7.72. The van der Waals surface area contributed by atoms with Crippen LogP contribution >= 0.6 is 15.9 Å². The summed E-state index contributed by atoms with van der Waals surface area (Å²) in [6, 6.07) is 13.4. The Bertz CT molecular complexity index is 684. The first kappa shape index (κ1) is 14.3. The van der Waals surface area contributed by atoms with Gasteiger partial charge in [0.2, 0.25) is 0 Å². The summed E-state index contributed by atoms with van der Waals surface area (Å²) >= 11 is 3.36. The van der Waals surface area contributed by atoms with Gasteiger partial charge in [-0.2, -0.15) is 0 Å². The van der Waals surface area contributed by atoms with Crippen LogP contribution in [0.4, 0.5) is 5.69 Å². The molecule has 1 atom stereocenters. The number of Topliss-reactive ketones (excluding diaryl/α,β-unsaturated/α-hetero) is 1. The Balaban J connectivity index is 1.81. The van der Waals surface area contributed by atoms with Crippen LogP contribution in [-0.2, 0) is 11.2 Å². The van der Waals surface area contributed by atoms with Crippen LogP contribution in [0.2, 0.25) is 0 Å². The summed E-state index contributed by atoms with van der Waals surface area (Å²) in [7, 11) is 0. The largest absolute Gasteiger partial charge is 0.398 e. The van der Waals surface area contributed by atoms with E-state index in [2.05, 4.69) is 22.0 Å². The molecule has 0 amide bonds. The molecule has 1 heterocycles. The minimum absolute atomic E-state index is 0.0670. The summed E-state index contributed by atoms with van der Waals surface area (Å²) in [4.78, 5) is 12.4. The van der Waals surface area contributed by atoms with E-state index in [9.17, 15) is 4.79 Å². The number of anilines is 1. The van der Waals surface area contributed by atoms with Crippen LogP contribution in [-0.4, -0.2) is 12.4 Å². The van der Waals surface area contributed by atoms with Crippen molar-refractivity contribution in [1.29, 1.82) is 0 Å². The number of ether oxygens (including phenoxy) is 1. The predicted molar refractivity (Wildman–Crippen MR) is 86.3 cm³/mol. The van der Waals surface area contributed by atoms with Gasteiger partial charge in [-0.05, 0) is 51.7 Å². The second-order valence-corrected chi connectivity index (χ2v) is 6.03. The van der Waals surface area contributed by atoms with E-state index in [1.807, 2.05) is 18.2 Å². The molecule has 0 aromatic heterocycles. The monoisotopic (exact) mass is 345 g/mol. The standard InChI is InChI=1S/C17H16BrNO2/c18-14-9-12(5-6-15(14)19)16(20)10-17-13-4-2-1-3-11(13)7-8-21-17/h1-6,9,17H,7-8,10,19H2. The van der Waals surface area contributed by atoms with Gasteiger partial charge in [0.05, 0.1) is 12.7 Å². The van der Waals surface area contributed by atoms with Crippen LogP contribution < -0.4 is 5.73 Å². The molecule has 3 rings (SSSR count). The van der Waals surface area contributed by atoms with Crippen LogP contribution in [0.25, 0.3) is 0 Å². The van der Waals surface area contributed by atoms with Gasteiger partial charge in [-0.25, -0.2) is 0 Å². The predicted octanol–water partition coefficient (Wildman–Crippen LogP) is 3.92. The molecule has 0 saturated carbocycles. The number of nitrogen functional groups attached to an aromatic ring is 1. The molecular weight excluding hydrogens is 330 g/mol. The Morgan fingerprint density at radius 1 is 1.29 bits per heavy atom. The highest BCUT2D eigenvalue weighted by atomic mass is 79.9. The van der Waals surface area contributed by atoms with Crippen molar-refractivity contribution in [2.24, 2.45) is 0 Å². The molecule has 0 aliphatic carbocycles. The third kappa shape index (κ3) is 3.01. The minimum Gasteiger partial charge on any atom is -0.398 e. The van der Waals surface area contributed by atoms with E-state index < -0.39 is 0 Å². The molecule has 4 heteroatoms. The maximum absolute atomic E-state index is 12.4. The minimum atomic E-state index is -0.154. The summed E-state index contributed by atoms with van der Waals surface area (Å²) in [6.45, 7) is 0.667. The summed E-state index contributed by atoms with van der Waals surface area (Å²) < 4.78 is 6.54. The third-order valence-corrected chi connectivity index (χ3v) is 4.47. The molecule has 0 radical (unpaired) electrons. The number of fused-ring (bicyclic) bond motifs is 1. The maximum atomic E-state index is 12.4. The Morgan fingerprint density at radius 2 is 2.10 bits per heavy atom. The second-order valence-electron chi connectivity index (χ2n) is 5.17. The van der Waals surface area contributed by atoms with Gasteiger partial charge < -0.3 is 10.5 Å². The second kappa shape index (κ2) is 6.00. The fourth-order valence-corrected chi connectivity index (χ4v) is 3.01. The van der Waals surface area contributed by atoms with Crippen molar-refractivity contribution < 1.29 is 9.53 Å². The molecule has 2 aromatic rings. The molecule has 2 N–H and O–H groups in total. The van der Waals surface area contributed by atoms with E-state index >= 15 is 0 Å². The zero-order valence-corrected chi connectivity index (χ0v) is 13.1. The fraction of sp³-hybridized carbons (Fsp3) is 0.235. The van der Waals surface area contributed by atoms with E-state index in [1.165, 1.54) is 5.56 Å². The number of rotatable bonds is 3. The van der Waals surface area contributed by atoms with Crippen LogP contribution in [0.1, 0.15) is 34.0 Å². The molecule has 3 nitrogen and oxygen atoms in total. The lowest BCUT2D eigenvalue weighted by Gasteiger charge is -2.25. The molecule has 1 unspecified atom stereocenters. The fourth-order valence-electron chi connectivity index (χ4n) is 2.63. The molecule has 0 bridgehead atoms. The molecular formula is C17H16BrNO2. The van der Waals surface area contributed by atoms with E-state index in [0.29, 0.717) is 24.3 Å². The van der Waals surface area contributed by atoms with E-state index in [4.69, 9.17) is 10.5 Å². The van der Waals surface area contributed by atoms with Gasteiger partial charge in [0, 0.05) is 22.1 Å². The quantitative estimate of drug-likeness (QED) is 0.677. The Kier molecular flexibility index (Phi) is 4.08. The van der Waals surface area contributed by atoms with Gasteiger partial charge in [0.15, 0.2) is 5.78 Å². The Labute approximate surface area is 132 Å². The Morgan fingerprint density at radius 3 is 2.90 bits per heavy atom. The molecule has 1 aliphatic heterocycles. The smallest absolute Gasteiger partial charge is 0.165 e. The number of hydrogen-bond donors (Lipinski definition) is 1. The van der Waals surface area contributed by atoms with Gasteiger partial charge in [0.1, 0.15) is 0 Å². The SMILES string of the molecule is Nc1ccc(C(=O)CC2OCCc3ccccc32)cc1Br. The Hall–Kier alpha value is -1.65. The number of halogens is 1. The number of ketones is 1. The molecule has 0 spiro atoms. The molecule has 21 heavy (non-hydrogen) atoms. The molecule has 1 aliphatic rings. The molecule has 0 saturated heterocycles. The van der Waals surface area contributed by atoms with Crippen molar-refractivity contribution in [2.75, 3.05) is 12.3 Å². The highest BCUT2D eigenvalue weighted by molar-refractivity contribution is 9.10. The summed E-state index contributed by atoms with van der Waals surface area (Å²) in [5.41, 5.74) is 9.45. The number of carbonyl (C=O) groups excluding carboxylic acids is 1. The zero-order valence-electron chi connectivity index (χ0n) is 11.5. The van der Waals surface area contributed by atoms with Crippen molar-refractivity contribution in [3.63, 3.8) is 0 Å². The lowest BCUT2D eigenvalue weighted by atomic mass is 9.93. The van der Waals surface area contributed by atoms with Gasteiger partial charge in [-0.1, -0.05) is 24.3 Å². The number of benzene rings is 2. The highest BCUT2D eigenvalue weighted by Gasteiger charge is 2.23. The first-order chi connectivity index (χ1) is 10.1. The third-order valence-electron chi connectivity index (χ3n) is 3.79. The van der Waals surface area contributed by atoms with Crippen LogP contribution in [0, 0.1) is 0 Å².